The highest BCUT2D eigenvalue weighted by Crippen LogP contribution is 2.24. The second-order valence-electron chi connectivity index (χ2n) is 7.64. The van der Waals surface area contributed by atoms with Gasteiger partial charge in [0, 0.05) is 18.0 Å². The zero-order valence-electron chi connectivity index (χ0n) is 16.1. The average molecular weight is 379 g/mol. The van der Waals surface area contributed by atoms with E-state index in [9.17, 15) is 9.50 Å². The summed E-state index contributed by atoms with van der Waals surface area (Å²) in [5.74, 6) is -0.285. The number of hydrogen-bond acceptors (Lipinski definition) is 4. The van der Waals surface area contributed by atoms with E-state index in [1.165, 1.54) is 12.1 Å². The van der Waals surface area contributed by atoms with Crippen LogP contribution >= 0.6 is 0 Å². The van der Waals surface area contributed by atoms with Gasteiger partial charge in [-0.1, -0.05) is 5.21 Å². The number of aryl methyl sites for hydroxylation is 1. The lowest BCUT2D eigenvalue weighted by Crippen LogP contribution is -2.19. The largest absolute Gasteiger partial charge is 0.390 e. The van der Waals surface area contributed by atoms with Crippen molar-refractivity contribution in [2.75, 3.05) is 0 Å². The van der Waals surface area contributed by atoms with Crippen LogP contribution in [0.25, 0.3) is 22.6 Å². The van der Waals surface area contributed by atoms with Crippen LogP contribution < -0.4 is 0 Å². The van der Waals surface area contributed by atoms with Crippen LogP contribution in [0.3, 0.4) is 0 Å². The highest BCUT2D eigenvalue weighted by Gasteiger charge is 2.15. The number of nitrogens with zero attached hydrogens (tertiary/aromatic N) is 5. The van der Waals surface area contributed by atoms with E-state index in [1.54, 1.807) is 30.7 Å². The summed E-state index contributed by atoms with van der Waals surface area (Å²) < 4.78 is 16.8. The van der Waals surface area contributed by atoms with Crippen LogP contribution in [0.15, 0.2) is 48.8 Å². The molecular weight excluding hydrogens is 357 g/mol. The summed E-state index contributed by atoms with van der Waals surface area (Å²) >= 11 is 0. The summed E-state index contributed by atoms with van der Waals surface area (Å²) in [5.41, 5.74) is 4.38. The molecule has 3 heterocycles. The van der Waals surface area contributed by atoms with Gasteiger partial charge in [0.1, 0.15) is 17.2 Å². The van der Waals surface area contributed by atoms with Crippen LogP contribution in [0.1, 0.15) is 31.7 Å². The van der Waals surface area contributed by atoms with Crippen molar-refractivity contribution in [3.8, 4) is 16.9 Å². The first-order valence-corrected chi connectivity index (χ1v) is 9.19. The van der Waals surface area contributed by atoms with E-state index in [4.69, 9.17) is 0 Å². The van der Waals surface area contributed by atoms with Gasteiger partial charge in [0.15, 0.2) is 0 Å². The van der Waals surface area contributed by atoms with Gasteiger partial charge in [-0.3, -0.25) is 0 Å². The van der Waals surface area contributed by atoms with Gasteiger partial charge in [0.25, 0.3) is 0 Å². The zero-order chi connectivity index (χ0) is 19.9. The van der Waals surface area contributed by atoms with Crippen molar-refractivity contribution >= 4 is 5.65 Å². The first-order valence-electron chi connectivity index (χ1n) is 9.19. The normalized spacial score (nSPS) is 12.0. The first kappa shape index (κ1) is 18.3. The Kier molecular flexibility index (Phi) is 4.47. The SMILES string of the molecule is Cc1c(-c2ccc3nc(CCC(C)(C)O)cn3c2)nnn1-c1ccc(F)cc1. The molecule has 0 bridgehead atoms. The Bertz CT molecular complexity index is 1120. The van der Waals surface area contributed by atoms with Gasteiger partial charge in [0.05, 0.1) is 22.7 Å². The van der Waals surface area contributed by atoms with Crippen molar-refractivity contribution in [3.63, 3.8) is 0 Å². The average Bonchev–Trinajstić information content (AvgIpc) is 3.22. The van der Waals surface area contributed by atoms with Crippen molar-refractivity contribution in [1.29, 1.82) is 0 Å². The van der Waals surface area contributed by atoms with Gasteiger partial charge in [-0.15, -0.1) is 5.10 Å². The molecule has 0 radical (unpaired) electrons. The van der Waals surface area contributed by atoms with Gasteiger partial charge in [-0.2, -0.15) is 0 Å². The molecule has 1 aromatic carbocycles. The Morgan fingerprint density at radius 3 is 2.54 bits per heavy atom. The van der Waals surface area contributed by atoms with Gasteiger partial charge in [-0.05, 0) is 70.0 Å². The highest BCUT2D eigenvalue weighted by molar-refractivity contribution is 5.63. The molecular formula is C21H22FN5O. The fourth-order valence-electron chi connectivity index (χ4n) is 3.16. The summed E-state index contributed by atoms with van der Waals surface area (Å²) in [5, 5.41) is 18.5. The highest BCUT2D eigenvalue weighted by atomic mass is 19.1. The number of fused-ring (bicyclic) bond motifs is 1. The quantitative estimate of drug-likeness (QED) is 0.574. The summed E-state index contributed by atoms with van der Waals surface area (Å²) in [7, 11) is 0. The summed E-state index contributed by atoms with van der Waals surface area (Å²) in [4.78, 5) is 4.61. The minimum atomic E-state index is -0.711. The molecule has 0 aliphatic heterocycles. The van der Waals surface area contributed by atoms with E-state index in [0.29, 0.717) is 12.8 Å². The van der Waals surface area contributed by atoms with E-state index in [-0.39, 0.29) is 5.82 Å². The summed E-state index contributed by atoms with van der Waals surface area (Å²) in [6, 6.07) is 10.1. The van der Waals surface area contributed by atoms with Crippen molar-refractivity contribution in [2.45, 2.75) is 39.2 Å². The van der Waals surface area contributed by atoms with Crippen LogP contribution in [-0.2, 0) is 6.42 Å². The fourth-order valence-corrected chi connectivity index (χ4v) is 3.16. The Balaban J connectivity index is 1.65. The maximum absolute atomic E-state index is 13.2. The lowest BCUT2D eigenvalue weighted by Gasteiger charge is -2.15. The molecule has 1 N–H and O–H groups in total. The van der Waals surface area contributed by atoms with Gasteiger partial charge in [-0.25, -0.2) is 14.1 Å². The van der Waals surface area contributed by atoms with Gasteiger partial charge < -0.3 is 9.51 Å². The second-order valence-corrected chi connectivity index (χ2v) is 7.64. The third-order valence-corrected chi connectivity index (χ3v) is 4.73. The predicted molar refractivity (Wildman–Crippen MR) is 105 cm³/mol. The molecule has 0 saturated heterocycles. The van der Waals surface area contributed by atoms with Gasteiger partial charge in [0.2, 0.25) is 0 Å². The minimum absolute atomic E-state index is 0.285. The Hall–Kier alpha value is -3.06. The maximum Gasteiger partial charge on any atom is 0.137 e. The lowest BCUT2D eigenvalue weighted by molar-refractivity contribution is 0.0711. The number of aromatic nitrogens is 5. The molecule has 0 fully saturated rings. The number of imidazole rings is 1. The molecule has 0 saturated carbocycles. The molecule has 4 rings (SSSR count). The third kappa shape index (κ3) is 3.66. The van der Waals surface area contributed by atoms with Crippen LogP contribution in [0, 0.1) is 12.7 Å². The Morgan fingerprint density at radius 2 is 1.82 bits per heavy atom. The number of hydrogen-bond donors (Lipinski definition) is 1. The van der Waals surface area contributed by atoms with Crippen LogP contribution in [0.2, 0.25) is 0 Å². The predicted octanol–water partition coefficient (Wildman–Crippen LogP) is 3.73. The Morgan fingerprint density at radius 1 is 1.07 bits per heavy atom. The van der Waals surface area contributed by atoms with E-state index in [2.05, 4.69) is 15.3 Å². The lowest BCUT2D eigenvalue weighted by atomic mass is 10.0. The smallest absolute Gasteiger partial charge is 0.137 e. The van der Waals surface area contributed by atoms with E-state index < -0.39 is 5.60 Å². The van der Waals surface area contributed by atoms with Crippen molar-refractivity contribution in [3.05, 3.63) is 66.0 Å². The molecule has 28 heavy (non-hydrogen) atoms. The molecule has 0 aliphatic carbocycles. The molecule has 7 heteroatoms. The van der Waals surface area contributed by atoms with Crippen molar-refractivity contribution in [1.82, 2.24) is 24.4 Å². The van der Waals surface area contributed by atoms with Crippen LogP contribution in [0.4, 0.5) is 4.39 Å². The standard InChI is InChI=1S/C21H22FN5O/c1-14-20(24-25-27(14)18-7-5-16(22)6-8-18)15-4-9-19-23-17(13-26(19)12-15)10-11-21(2,3)28/h4-9,12-13,28H,10-11H2,1-3H3. The summed E-state index contributed by atoms with van der Waals surface area (Å²) in [6.45, 7) is 5.54. The van der Waals surface area contributed by atoms with E-state index >= 15 is 0 Å². The number of aliphatic hydroxyl groups is 1. The number of pyridine rings is 1. The van der Waals surface area contributed by atoms with Crippen molar-refractivity contribution in [2.24, 2.45) is 0 Å². The molecule has 6 nitrogen and oxygen atoms in total. The Labute approximate surface area is 162 Å². The number of benzene rings is 1. The number of halogens is 1. The molecule has 0 atom stereocenters. The molecule has 4 aromatic rings. The molecule has 0 amide bonds. The van der Waals surface area contributed by atoms with Crippen LogP contribution in [-0.4, -0.2) is 35.1 Å². The minimum Gasteiger partial charge on any atom is -0.390 e. The van der Waals surface area contributed by atoms with Crippen LogP contribution in [0.5, 0.6) is 0 Å². The second kappa shape index (κ2) is 6.83. The monoisotopic (exact) mass is 379 g/mol. The van der Waals surface area contributed by atoms with Crippen molar-refractivity contribution < 1.29 is 9.50 Å². The zero-order valence-corrected chi connectivity index (χ0v) is 16.1. The molecule has 0 unspecified atom stereocenters. The molecule has 144 valence electrons. The van der Waals surface area contributed by atoms with Gasteiger partial charge >= 0.3 is 0 Å². The third-order valence-electron chi connectivity index (χ3n) is 4.73. The molecule has 3 aromatic heterocycles. The summed E-state index contributed by atoms with van der Waals surface area (Å²) in [6.07, 6.45) is 5.31. The number of rotatable bonds is 5. The molecule has 0 aliphatic rings. The molecule has 0 spiro atoms. The van der Waals surface area contributed by atoms with E-state index in [1.807, 2.05) is 35.9 Å². The maximum atomic E-state index is 13.2. The topological polar surface area (TPSA) is 68.2 Å². The fraction of sp³-hybridized carbons (Fsp3) is 0.286. The first-order chi connectivity index (χ1) is 13.3. The van der Waals surface area contributed by atoms with E-state index in [0.717, 1.165) is 34.0 Å².